The van der Waals surface area contributed by atoms with E-state index < -0.39 is 0 Å². The van der Waals surface area contributed by atoms with Crippen LogP contribution in [0.2, 0.25) is 0 Å². The Morgan fingerprint density at radius 2 is 0.870 bits per heavy atom. The van der Waals surface area contributed by atoms with Crippen molar-refractivity contribution in [3.63, 3.8) is 0 Å². The Morgan fingerprint density at radius 1 is 0.348 bits per heavy atom. The molecule has 0 saturated carbocycles. The second-order valence-corrected chi connectivity index (χ2v) is 12.4. The normalized spacial score (nSPS) is 11.7. The Bertz CT molecular complexity index is 2540. The zero-order valence-electron chi connectivity index (χ0n) is 25.9. The first kappa shape index (κ1) is 26.5. The molecule has 0 N–H and O–H groups in total. The molecule has 9 aromatic rings. The molecule has 2 aromatic heterocycles. The van der Waals surface area contributed by atoms with E-state index in [1.54, 1.807) is 0 Å². The lowest BCUT2D eigenvalue weighted by atomic mass is 9.92. The van der Waals surface area contributed by atoms with Crippen LogP contribution in [0.4, 0.5) is 0 Å². The maximum absolute atomic E-state index is 2.45. The Morgan fingerprint density at radius 3 is 1.61 bits per heavy atom. The van der Waals surface area contributed by atoms with Crippen LogP contribution in [0.15, 0.2) is 158 Å². The number of nitrogens with zero attached hydrogens (tertiary/aromatic N) is 2. The Balaban J connectivity index is 1.28. The standard InChI is InChI=1S/C44H32N2/c1-29-20-23-43-37(26-29)38-27-30(2)21-24-44(38)46(43)41-19-11-8-16-35(41)34-15-7-6-14-33(34)31-22-25-42-39(28-31)36-17-9-10-18-40(36)45(42)32-12-4-3-5-13-32/h3-28H,1-2H3. The molecule has 2 heterocycles. The van der Waals surface area contributed by atoms with Gasteiger partial charge in [-0.15, -0.1) is 0 Å². The summed E-state index contributed by atoms with van der Waals surface area (Å²) < 4.78 is 4.83. The van der Waals surface area contributed by atoms with E-state index in [1.165, 1.54) is 88.4 Å². The number of rotatable bonds is 4. The molecule has 2 nitrogen and oxygen atoms in total. The van der Waals surface area contributed by atoms with Crippen LogP contribution >= 0.6 is 0 Å². The predicted molar refractivity (Wildman–Crippen MR) is 195 cm³/mol. The summed E-state index contributed by atoms with van der Waals surface area (Å²) in [5.74, 6) is 0. The number of aryl methyl sites for hydroxylation is 2. The zero-order valence-corrected chi connectivity index (χ0v) is 25.9. The fourth-order valence-corrected chi connectivity index (χ4v) is 7.37. The van der Waals surface area contributed by atoms with Gasteiger partial charge >= 0.3 is 0 Å². The summed E-state index contributed by atoms with van der Waals surface area (Å²) in [6, 6.07) is 57.7. The van der Waals surface area contributed by atoms with Crippen molar-refractivity contribution >= 4 is 43.6 Å². The number of para-hydroxylation sites is 3. The van der Waals surface area contributed by atoms with Gasteiger partial charge in [-0.2, -0.15) is 0 Å². The van der Waals surface area contributed by atoms with Gasteiger partial charge in [0.25, 0.3) is 0 Å². The van der Waals surface area contributed by atoms with Gasteiger partial charge in [0.2, 0.25) is 0 Å². The van der Waals surface area contributed by atoms with Crippen molar-refractivity contribution in [2.45, 2.75) is 13.8 Å². The van der Waals surface area contributed by atoms with Crippen molar-refractivity contribution in [3.8, 4) is 33.6 Å². The van der Waals surface area contributed by atoms with Gasteiger partial charge in [-0.05, 0) is 91.2 Å². The van der Waals surface area contributed by atoms with E-state index in [0.29, 0.717) is 0 Å². The van der Waals surface area contributed by atoms with Crippen molar-refractivity contribution in [3.05, 3.63) is 169 Å². The molecule has 0 spiro atoms. The molecule has 0 radical (unpaired) electrons. The lowest BCUT2D eigenvalue weighted by Gasteiger charge is -2.17. The van der Waals surface area contributed by atoms with Gasteiger partial charge in [-0.1, -0.05) is 108 Å². The first-order chi connectivity index (χ1) is 22.7. The lowest BCUT2D eigenvalue weighted by Crippen LogP contribution is -1.98. The maximum atomic E-state index is 2.45. The molecule has 0 aliphatic rings. The van der Waals surface area contributed by atoms with Crippen LogP contribution in [0, 0.1) is 13.8 Å². The molecule has 2 heteroatoms. The van der Waals surface area contributed by atoms with E-state index in [0.717, 1.165) is 0 Å². The van der Waals surface area contributed by atoms with Crippen LogP contribution in [0.25, 0.3) is 77.2 Å². The Kier molecular flexibility index (Phi) is 5.97. The summed E-state index contributed by atoms with van der Waals surface area (Å²) in [5, 5.41) is 5.11. The van der Waals surface area contributed by atoms with Crippen molar-refractivity contribution in [2.75, 3.05) is 0 Å². The maximum Gasteiger partial charge on any atom is 0.0541 e. The molecule has 0 aliphatic heterocycles. The first-order valence-electron chi connectivity index (χ1n) is 15.9. The fourth-order valence-electron chi connectivity index (χ4n) is 7.37. The molecule has 0 bridgehead atoms. The molecule has 0 unspecified atom stereocenters. The number of aromatic nitrogens is 2. The summed E-state index contributed by atoms with van der Waals surface area (Å²) >= 11 is 0. The molecule has 9 rings (SSSR count). The minimum atomic E-state index is 1.17. The SMILES string of the molecule is Cc1ccc2c(c1)c1cc(C)ccc1n2-c1ccccc1-c1ccccc1-c1ccc2c(c1)c1ccccc1n2-c1ccccc1. The average molecular weight is 589 g/mol. The molecule has 218 valence electrons. The minimum Gasteiger partial charge on any atom is -0.309 e. The van der Waals surface area contributed by atoms with Crippen molar-refractivity contribution in [1.82, 2.24) is 9.13 Å². The van der Waals surface area contributed by atoms with E-state index in [-0.39, 0.29) is 0 Å². The van der Waals surface area contributed by atoms with Gasteiger partial charge in [0.1, 0.15) is 0 Å². The van der Waals surface area contributed by atoms with Crippen molar-refractivity contribution in [2.24, 2.45) is 0 Å². The highest BCUT2D eigenvalue weighted by atomic mass is 15.0. The van der Waals surface area contributed by atoms with Gasteiger partial charge < -0.3 is 9.13 Å². The average Bonchev–Trinajstić information content (AvgIpc) is 3.60. The van der Waals surface area contributed by atoms with Gasteiger partial charge in [-0.3, -0.25) is 0 Å². The molecule has 0 fully saturated rings. The quantitative estimate of drug-likeness (QED) is 0.194. The van der Waals surface area contributed by atoms with Crippen LogP contribution in [0.3, 0.4) is 0 Å². The summed E-state index contributed by atoms with van der Waals surface area (Å²) in [6.45, 7) is 4.35. The van der Waals surface area contributed by atoms with E-state index in [2.05, 4.69) is 181 Å². The van der Waals surface area contributed by atoms with Crippen LogP contribution in [0.1, 0.15) is 11.1 Å². The largest absolute Gasteiger partial charge is 0.309 e. The Hall–Kier alpha value is -5.86. The van der Waals surface area contributed by atoms with Gasteiger partial charge in [0, 0.05) is 32.8 Å². The van der Waals surface area contributed by atoms with Gasteiger partial charge in [0.05, 0.1) is 27.8 Å². The van der Waals surface area contributed by atoms with E-state index in [4.69, 9.17) is 0 Å². The van der Waals surface area contributed by atoms with Crippen molar-refractivity contribution < 1.29 is 0 Å². The summed E-state index contributed by atoms with van der Waals surface area (Å²) in [4.78, 5) is 0. The lowest BCUT2D eigenvalue weighted by molar-refractivity contribution is 1.18. The third kappa shape index (κ3) is 4.04. The monoisotopic (exact) mass is 588 g/mol. The van der Waals surface area contributed by atoms with Gasteiger partial charge in [-0.25, -0.2) is 0 Å². The molecule has 0 atom stereocenters. The van der Waals surface area contributed by atoms with E-state index >= 15 is 0 Å². The molecular weight excluding hydrogens is 556 g/mol. The number of fused-ring (bicyclic) bond motifs is 6. The topological polar surface area (TPSA) is 9.86 Å². The molecule has 0 amide bonds. The van der Waals surface area contributed by atoms with Crippen molar-refractivity contribution in [1.29, 1.82) is 0 Å². The minimum absolute atomic E-state index is 1.17. The van der Waals surface area contributed by atoms with E-state index in [9.17, 15) is 0 Å². The highest BCUT2D eigenvalue weighted by molar-refractivity contribution is 6.12. The summed E-state index contributed by atoms with van der Waals surface area (Å²) in [6.07, 6.45) is 0. The number of benzene rings is 7. The van der Waals surface area contributed by atoms with Crippen LogP contribution in [-0.4, -0.2) is 9.13 Å². The Labute approximate surface area is 268 Å². The second-order valence-electron chi connectivity index (χ2n) is 12.4. The molecule has 7 aromatic carbocycles. The smallest absolute Gasteiger partial charge is 0.0541 e. The summed E-state index contributed by atoms with van der Waals surface area (Å²) in [5.41, 5.74) is 14.7. The fraction of sp³-hybridized carbons (Fsp3) is 0.0455. The highest BCUT2D eigenvalue weighted by Crippen LogP contribution is 2.41. The summed E-state index contributed by atoms with van der Waals surface area (Å²) in [7, 11) is 0. The second kappa shape index (κ2) is 10.4. The third-order valence-corrected chi connectivity index (χ3v) is 9.44. The molecule has 0 aliphatic carbocycles. The molecular formula is C44H32N2. The first-order valence-corrected chi connectivity index (χ1v) is 15.9. The molecule has 46 heavy (non-hydrogen) atoms. The van der Waals surface area contributed by atoms with Crippen LogP contribution < -0.4 is 0 Å². The van der Waals surface area contributed by atoms with Crippen LogP contribution in [-0.2, 0) is 0 Å². The zero-order chi connectivity index (χ0) is 30.8. The van der Waals surface area contributed by atoms with Crippen LogP contribution in [0.5, 0.6) is 0 Å². The van der Waals surface area contributed by atoms with Gasteiger partial charge in [0.15, 0.2) is 0 Å². The predicted octanol–water partition coefficient (Wildman–Crippen LogP) is 11.8. The van der Waals surface area contributed by atoms with E-state index in [1.807, 2.05) is 0 Å². The highest BCUT2D eigenvalue weighted by Gasteiger charge is 2.19. The third-order valence-electron chi connectivity index (χ3n) is 9.44. The number of hydrogen-bond acceptors (Lipinski definition) is 0. The molecule has 0 saturated heterocycles. The number of hydrogen-bond donors (Lipinski definition) is 0.